The van der Waals surface area contributed by atoms with Gasteiger partial charge in [-0.2, -0.15) is 0 Å². The zero-order chi connectivity index (χ0) is 13.5. The molecule has 1 aromatic rings. The van der Waals surface area contributed by atoms with Gasteiger partial charge in [0.25, 0.3) is 0 Å². The Morgan fingerprint density at radius 1 is 1.32 bits per heavy atom. The first-order chi connectivity index (χ1) is 9.28. The second kappa shape index (κ2) is 7.66. The summed E-state index contributed by atoms with van der Waals surface area (Å²) in [6.07, 6.45) is 4.08. The second-order valence-electron chi connectivity index (χ2n) is 5.92. The predicted molar refractivity (Wildman–Crippen MR) is 82.2 cm³/mol. The maximum Gasteiger partial charge on any atom is 0.0233 e. The first-order valence-corrected chi connectivity index (χ1v) is 7.77. The van der Waals surface area contributed by atoms with Crippen LogP contribution < -0.4 is 5.32 Å². The fourth-order valence-electron chi connectivity index (χ4n) is 3.26. The molecule has 2 nitrogen and oxygen atoms in total. The topological polar surface area (TPSA) is 15.3 Å². The third kappa shape index (κ3) is 4.96. The highest BCUT2D eigenvalue weighted by molar-refractivity contribution is 5.14. The molecule has 1 aliphatic heterocycles. The Hall–Kier alpha value is -0.860. The van der Waals surface area contributed by atoms with Gasteiger partial charge in [0.05, 0.1) is 0 Å². The summed E-state index contributed by atoms with van der Waals surface area (Å²) in [5.41, 5.74) is 1.45. The quantitative estimate of drug-likeness (QED) is 0.844. The standard InChI is InChI=1S/C17H28N2/c1-3-18-15(2)12-17-10-7-11-19(14-17)13-16-8-5-4-6-9-16/h4-6,8-9,15,17-18H,3,7,10-14H2,1-2H3. The van der Waals surface area contributed by atoms with Crippen LogP contribution in [0, 0.1) is 5.92 Å². The molecule has 1 aliphatic rings. The van der Waals surface area contributed by atoms with Crippen LogP contribution >= 0.6 is 0 Å². The first kappa shape index (κ1) is 14.5. The third-order valence-corrected chi connectivity index (χ3v) is 4.09. The Bertz CT molecular complexity index is 350. The van der Waals surface area contributed by atoms with Gasteiger partial charge < -0.3 is 5.32 Å². The first-order valence-electron chi connectivity index (χ1n) is 7.77. The van der Waals surface area contributed by atoms with Gasteiger partial charge in [0.1, 0.15) is 0 Å². The van der Waals surface area contributed by atoms with Crippen LogP contribution in [0.2, 0.25) is 0 Å². The van der Waals surface area contributed by atoms with Crippen molar-refractivity contribution in [2.75, 3.05) is 19.6 Å². The highest BCUT2D eigenvalue weighted by Crippen LogP contribution is 2.22. The molecule has 0 amide bonds. The molecule has 19 heavy (non-hydrogen) atoms. The molecule has 1 N–H and O–H groups in total. The van der Waals surface area contributed by atoms with E-state index in [0.717, 1.165) is 19.0 Å². The molecule has 1 fully saturated rings. The highest BCUT2D eigenvalue weighted by Gasteiger charge is 2.21. The lowest BCUT2D eigenvalue weighted by Gasteiger charge is -2.34. The fourth-order valence-corrected chi connectivity index (χ4v) is 3.26. The fraction of sp³-hybridized carbons (Fsp3) is 0.647. The van der Waals surface area contributed by atoms with Gasteiger partial charge in [-0.3, -0.25) is 4.90 Å². The number of benzene rings is 1. The monoisotopic (exact) mass is 260 g/mol. The Labute approximate surface area is 118 Å². The molecule has 0 spiro atoms. The summed E-state index contributed by atoms with van der Waals surface area (Å²) < 4.78 is 0. The molecule has 0 radical (unpaired) electrons. The van der Waals surface area contributed by atoms with Gasteiger partial charge in [0.15, 0.2) is 0 Å². The van der Waals surface area contributed by atoms with Crippen molar-refractivity contribution in [1.29, 1.82) is 0 Å². The van der Waals surface area contributed by atoms with E-state index in [2.05, 4.69) is 54.4 Å². The van der Waals surface area contributed by atoms with Gasteiger partial charge in [-0.1, -0.05) is 37.3 Å². The molecule has 2 atom stereocenters. The van der Waals surface area contributed by atoms with Gasteiger partial charge in [-0.25, -0.2) is 0 Å². The Balaban J connectivity index is 1.80. The van der Waals surface area contributed by atoms with Crippen molar-refractivity contribution >= 4 is 0 Å². The van der Waals surface area contributed by atoms with Gasteiger partial charge in [-0.05, 0) is 50.8 Å². The van der Waals surface area contributed by atoms with Gasteiger partial charge in [0.2, 0.25) is 0 Å². The van der Waals surface area contributed by atoms with E-state index < -0.39 is 0 Å². The van der Waals surface area contributed by atoms with Crippen LogP contribution in [0.15, 0.2) is 30.3 Å². The molecular weight excluding hydrogens is 232 g/mol. The molecule has 0 saturated carbocycles. The molecule has 1 heterocycles. The van der Waals surface area contributed by atoms with Crippen LogP contribution in [0.1, 0.15) is 38.7 Å². The third-order valence-electron chi connectivity index (χ3n) is 4.09. The summed E-state index contributed by atoms with van der Waals surface area (Å²) >= 11 is 0. The Morgan fingerprint density at radius 2 is 2.11 bits per heavy atom. The zero-order valence-electron chi connectivity index (χ0n) is 12.4. The molecule has 1 aromatic carbocycles. The molecule has 106 valence electrons. The molecule has 0 aliphatic carbocycles. The summed E-state index contributed by atoms with van der Waals surface area (Å²) in [4.78, 5) is 2.63. The molecule has 2 heteroatoms. The number of rotatable bonds is 6. The Kier molecular flexibility index (Phi) is 5.87. The molecule has 2 rings (SSSR count). The normalized spacial score (nSPS) is 22.3. The predicted octanol–water partition coefficient (Wildman–Crippen LogP) is 3.29. The van der Waals surface area contributed by atoms with E-state index in [0.29, 0.717) is 6.04 Å². The lowest BCUT2D eigenvalue weighted by Crippen LogP contribution is -2.38. The van der Waals surface area contributed by atoms with Crippen molar-refractivity contribution in [3.8, 4) is 0 Å². The highest BCUT2D eigenvalue weighted by atomic mass is 15.1. The van der Waals surface area contributed by atoms with Crippen LogP contribution in [0.5, 0.6) is 0 Å². The van der Waals surface area contributed by atoms with E-state index in [1.165, 1.54) is 37.9 Å². The minimum absolute atomic E-state index is 0.659. The van der Waals surface area contributed by atoms with Crippen LogP contribution in [-0.4, -0.2) is 30.6 Å². The van der Waals surface area contributed by atoms with Crippen molar-refractivity contribution in [1.82, 2.24) is 10.2 Å². The minimum Gasteiger partial charge on any atom is -0.315 e. The van der Waals surface area contributed by atoms with E-state index in [9.17, 15) is 0 Å². The number of likely N-dealkylation sites (tertiary alicyclic amines) is 1. The molecule has 0 bridgehead atoms. The van der Waals surface area contributed by atoms with Crippen molar-refractivity contribution in [3.05, 3.63) is 35.9 Å². The maximum absolute atomic E-state index is 3.54. The van der Waals surface area contributed by atoms with Crippen LogP contribution in [0.25, 0.3) is 0 Å². The maximum atomic E-state index is 3.54. The SMILES string of the molecule is CCNC(C)CC1CCCN(Cc2ccccc2)C1. The lowest BCUT2D eigenvalue weighted by atomic mass is 9.91. The summed E-state index contributed by atoms with van der Waals surface area (Å²) in [5.74, 6) is 0.867. The van der Waals surface area contributed by atoms with E-state index in [1.807, 2.05) is 0 Å². The van der Waals surface area contributed by atoms with E-state index in [1.54, 1.807) is 0 Å². The zero-order valence-corrected chi connectivity index (χ0v) is 12.4. The van der Waals surface area contributed by atoms with Crippen molar-refractivity contribution in [3.63, 3.8) is 0 Å². The summed E-state index contributed by atoms with van der Waals surface area (Å²) in [7, 11) is 0. The van der Waals surface area contributed by atoms with E-state index in [4.69, 9.17) is 0 Å². The Morgan fingerprint density at radius 3 is 2.84 bits per heavy atom. The smallest absolute Gasteiger partial charge is 0.0233 e. The molecular formula is C17H28N2. The van der Waals surface area contributed by atoms with Crippen molar-refractivity contribution in [2.45, 2.75) is 45.7 Å². The number of piperidine rings is 1. The van der Waals surface area contributed by atoms with Gasteiger partial charge in [-0.15, -0.1) is 0 Å². The molecule has 1 saturated heterocycles. The average Bonchev–Trinajstić information content (AvgIpc) is 2.40. The minimum atomic E-state index is 0.659. The molecule has 2 unspecified atom stereocenters. The summed E-state index contributed by atoms with van der Waals surface area (Å²) in [6, 6.07) is 11.5. The van der Waals surface area contributed by atoms with Crippen molar-refractivity contribution < 1.29 is 0 Å². The van der Waals surface area contributed by atoms with Crippen LogP contribution in [0.3, 0.4) is 0 Å². The van der Waals surface area contributed by atoms with E-state index >= 15 is 0 Å². The van der Waals surface area contributed by atoms with Gasteiger partial charge >= 0.3 is 0 Å². The molecule has 0 aromatic heterocycles. The number of hydrogen-bond acceptors (Lipinski definition) is 2. The summed E-state index contributed by atoms with van der Waals surface area (Å²) in [5, 5.41) is 3.54. The average molecular weight is 260 g/mol. The number of nitrogens with one attached hydrogen (secondary N) is 1. The van der Waals surface area contributed by atoms with Gasteiger partial charge in [0, 0.05) is 19.1 Å². The largest absolute Gasteiger partial charge is 0.315 e. The number of hydrogen-bond donors (Lipinski definition) is 1. The van der Waals surface area contributed by atoms with E-state index in [-0.39, 0.29) is 0 Å². The van der Waals surface area contributed by atoms with Crippen LogP contribution in [-0.2, 0) is 6.54 Å². The summed E-state index contributed by atoms with van der Waals surface area (Å²) in [6.45, 7) is 9.25. The van der Waals surface area contributed by atoms with Crippen molar-refractivity contribution in [2.24, 2.45) is 5.92 Å². The van der Waals surface area contributed by atoms with Crippen LogP contribution in [0.4, 0.5) is 0 Å². The lowest BCUT2D eigenvalue weighted by molar-refractivity contribution is 0.155. The number of nitrogens with zero attached hydrogens (tertiary/aromatic N) is 1. The second-order valence-corrected chi connectivity index (χ2v) is 5.92.